The van der Waals surface area contributed by atoms with Crippen molar-refractivity contribution in [1.29, 1.82) is 0 Å². The highest BCUT2D eigenvalue weighted by Crippen LogP contribution is 2.33. The SMILES string of the molecule is CC(C)C1CC(NCc2ccc(Cl)cc2)C1. The first-order valence-electron chi connectivity index (χ1n) is 6.13. The van der Waals surface area contributed by atoms with Crippen LogP contribution >= 0.6 is 11.6 Å². The molecule has 1 aromatic carbocycles. The zero-order valence-corrected chi connectivity index (χ0v) is 10.8. The lowest BCUT2D eigenvalue weighted by Gasteiger charge is -2.38. The summed E-state index contributed by atoms with van der Waals surface area (Å²) in [5.74, 6) is 1.77. The maximum atomic E-state index is 5.85. The molecule has 0 spiro atoms. The van der Waals surface area contributed by atoms with E-state index in [2.05, 4.69) is 31.3 Å². The Hall–Kier alpha value is -0.530. The van der Waals surface area contributed by atoms with E-state index in [4.69, 9.17) is 11.6 Å². The summed E-state index contributed by atoms with van der Waals surface area (Å²) in [7, 11) is 0. The van der Waals surface area contributed by atoms with Gasteiger partial charge in [-0.25, -0.2) is 0 Å². The van der Waals surface area contributed by atoms with Gasteiger partial charge in [0.1, 0.15) is 0 Å². The molecule has 0 bridgehead atoms. The van der Waals surface area contributed by atoms with E-state index in [0.717, 1.165) is 29.4 Å². The predicted molar refractivity (Wildman–Crippen MR) is 69.6 cm³/mol. The standard InChI is InChI=1S/C14H20ClN/c1-10(2)12-7-14(8-12)16-9-11-3-5-13(15)6-4-11/h3-6,10,12,14,16H,7-9H2,1-2H3. The first-order valence-corrected chi connectivity index (χ1v) is 6.51. The van der Waals surface area contributed by atoms with Crippen LogP contribution in [-0.2, 0) is 6.54 Å². The van der Waals surface area contributed by atoms with E-state index in [1.807, 2.05) is 12.1 Å². The molecule has 0 saturated heterocycles. The van der Waals surface area contributed by atoms with Crippen LogP contribution in [0.3, 0.4) is 0 Å². The van der Waals surface area contributed by atoms with Crippen molar-refractivity contribution in [2.75, 3.05) is 0 Å². The predicted octanol–water partition coefficient (Wildman–Crippen LogP) is 3.86. The molecule has 0 aromatic heterocycles. The van der Waals surface area contributed by atoms with Crippen molar-refractivity contribution >= 4 is 11.6 Å². The van der Waals surface area contributed by atoms with Gasteiger partial charge in [-0.3, -0.25) is 0 Å². The molecule has 1 fully saturated rings. The van der Waals surface area contributed by atoms with Crippen LogP contribution in [-0.4, -0.2) is 6.04 Å². The van der Waals surface area contributed by atoms with Gasteiger partial charge in [0.05, 0.1) is 0 Å². The average Bonchev–Trinajstić information content (AvgIpc) is 2.18. The minimum atomic E-state index is 0.725. The Balaban J connectivity index is 1.71. The highest BCUT2D eigenvalue weighted by Gasteiger charge is 2.30. The van der Waals surface area contributed by atoms with Crippen LogP contribution in [0.1, 0.15) is 32.3 Å². The number of halogens is 1. The molecular weight excluding hydrogens is 218 g/mol. The van der Waals surface area contributed by atoms with Gasteiger partial charge in [0.25, 0.3) is 0 Å². The molecule has 1 N–H and O–H groups in total. The van der Waals surface area contributed by atoms with Crippen LogP contribution in [0.25, 0.3) is 0 Å². The Morgan fingerprint density at radius 1 is 1.25 bits per heavy atom. The zero-order valence-electron chi connectivity index (χ0n) is 10.0. The normalized spacial score (nSPS) is 24.5. The number of hydrogen-bond donors (Lipinski definition) is 1. The summed E-state index contributed by atoms with van der Waals surface area (Å²) in [6, 6.07) is 8.82. The largest absolute Gasteiger partial charge is 0.310 e. The van der Waals surface area contributed by atoms with E-state index >= 15 is 0 Å². The monoisotopic (exact) mass is 237 g/mol. The summed E-state index contributed by atoms with van der Waals surface area (Å²) in [6.07, 6.45) is 2.68. The van der Waals surface area contributed by atoms with Crippen LogP contribution in [0.2, 0.25) is 5.02 Å². The van der Waals surface area contributed by atoms with Crippen molar-refractivity contribution in [1.82, 2.24) is 5.32 Å². The van der Waals surface area contributed by atoms with Gasteiger partial charge in [-0.2, -0.15) is 0 Å². The molecule has 0 heterocycles. The number of benzene rings is 1. The highest BCUT2D eigenvalue weighted by molar-refractivity contribution is 6.30. The summed E-state index contributed by atoms with van der Waals surface area (Å²) >= 11 is 5.85. The molecule has 0 amide bonds. The van der Waals surface area contributed by atoms with E-state index < -0.39 is 0 Å². The molecule has 1 aliphatic carbocycles. The number of rotatable bonds is 4. The first kappa shape index (κ1) is 11.9. The molecule has 0 unspecified atom stereocenters. The molecule has 1 aromatic rings. The summed E-state index contributed by atoms with van der Waals surface area (Å²) in [4.78, 5) is 0. The zero-order chi connectivity index (χ0) is 11.5. The summed E-state index contributed by atoms with van der Waals surface area (Å²) in [5, 5.41) is 4.41. The topological polar surface area (TPSA) is 12.0 Å². The van der Waals surface area contributed by atoms with Gasteiger partial charge in [0, 0.05) is 17.6 Å². The van der Waals surface area contributed by atoms with Gasteiger partial charge in [-0.15, -0.1) is 0 Å². The van der Waals surface area contributed by atoms with Gasteiger partial charge in [0.15, 0.2) is 0 Å². The second-order valence-corrected chi connectivity index (χ2v) is 5.62. The third-order valence-electron chi connectivity index (χ3n) is 3.63. The molecule has 0 aliphatic heterocycles. The van der Waals surface area contributed by atoms with Gasteiger partial charge >= 0.3 is 0 Å². The molecule has 16 heavy (non-hydrogen) atoms. The van der Waals surface area contributed by atoms with Crippen LogP contribution in [0, 0.1) is 11.8 Å². The van der Waals surface area contributed by atoms with E-state index in [0.29, 0.717) is 0 Å². The van der Waals surface area contributed by atoms with Crippen molar-refractivity contribution in [3.05, 3.63) is 34.9 Å². The maximum Gasteiger partial charge on any atom is 0.0406 e. The van der Waals surface area contributed by atoms with Crippen molar-refractivity contribution in [2.45, 2.75) is 39.3 Å². The minimum Gasteiger partial charge on any atom is -0.310 e. The lowest BCUT2D eigenvalue weighted by atomic mass is 9.73. The second kappa shape index (κ2) is 5.20. The van der Waals surface area contributed by atoms with Crippen LogP contribution in [0.5, 0.6) is 0 Å². The van der Waals surface area contributed by atoms with Crippen molar-refractivity contribution < 1.29 is 0 Å². The Kier molecular flexibility index (Phi) is 3.88. The van der Waals surface area contributed by atoms with Crippen molar-refractivity contribution in [3.8, 4) is 0 Å². The maximum absolute atomic E-state index is 5.85. The highest BCUT2D eigenvalue weighted by atomic mass is 35.5. The van der Waals surface area contributed by atoms with Gasteiger partial charge in [-0.05, 0) is 42.4 Å². The molecule has 88 valence electrons. The number of nitrogens with one attached hydrogen (secondary N) is 1. The van der Waals surface area contributed by atoms with Gasteiger partial charge < -0.3 is 5.32 Å². The van der Waals surface area contributed by atoms with Gasteiger partial charge in [-0.1, -0.05) is 37.6 Å². The quantitative estimate of drug-likeness (QED) is 0.839. The van der Waals surface area contributed by atoms with Crippen LogP contribution in [0.4, 0.5) is 0 Å². The van der Waals surface area contributed by atoms with Crippen LogP contribution in [0.15, 0.2) is 24.3 Å². The molecule has 2 heteroatoms. The first-order chi connectivity index (χ1) is 7.65. The Labute approximate surface area is 103 Å². The molecule has 1 aliphatic rings. The molecule has 1 nitrogen and oxygen atoms in total. The smallest absolute Gasteiger partial charge is 0.0406 e. The van der Waals surface area contributed by atoms with E-state index in [1.165, 1.54) is 18.4 Å². The third-order valence-corrected chi connectivity index (χ3v) is 3.88. The molecular formula is C14H20ClN. The van der Waals surface area contributed by atoms with E-state index in [1.54, 1.807) is 0 Å². The number of hydrogen-bond acceptors (Lipinski definition) is 1. The summed E-state index contributed by atoms with van der Waals surface area (Å²) in [5.41, 5.74) is 1.32. The lowest BCUT2D eigenvalue weighted by molar-refractivity contribution is 0.167. The molecule has 1 saturated carbocycles. The third kappa shape index (κ3) is 2.99. The van der Waals surface area contributed by atoms with Crippen molar-refractivity contribution in [3.63, 3.8) is 0 Å². The van der Waals surface area contributed by atoms with Crippen molar-refractivity contribution in [2.24, 2.45) is 11.8 Å². The fourth-order valence-corrected chi connectivity index (χ4v) is 2.36. The lowest BCUT2D eigenvalue weighted by Crippen LogP contribution is -2.42. The minimum absolute atomic E-state index is 0.725. The van der Waals surface area contributed by atoms with Crippen LogP contribution < -0.4 is 5.32 Å². The Morgan fingerprint density at radius 2 is 1.88 bits per heavy atom. The van der Waals surface area contributed by atoms with E-state index in [9.17, 15) is 0 Å². The summed E-state index contributed by atoms with van der Waals surface area (Å²) < 4.78 is 0. The van der Waals surface area contributed by atoms with E-state index in [-0.39, 0.29) is 0 Å². The molecule has 2 rings (SSSR count). The fraction of sp³-hybridized carbons (Fsp3) is 0.571. The molecule has 0 radical (unpaired) electrons. The summed E-state index contributed by atoms with van der Waals surface area (Å²) in [6.45, 7) is 5.60. The Morgan fingerprint density at radius 3 is 2.44 bits per heavy atom. The average molecular weight is 238 g/mol. The fourth-order valence-electron chi connectivity index (χ4n) is 2.24. The molecule has 0 atom stereocenters. The second-order valence-electron chi connectivity index (χ2n) is 5.18. The Bertz CT molecular complexity index is 325. The van der Waals surface area contributed by atoms with Gasteiger partial charge in [0.2, 0.25) is 0 Å².